The maximum absolute atomic E-state index is 10.9. The Labute approximate surface area is 88.4 Å². The molecule has 0 fully saturated rings. The lowest BCUT2D eigenvalue weighted by atomic mass is 10.1. The van der Waals surface area contributed by atoms with Gasteiger partial charge in [0.2, 0.25) is 0 Å². The Bertz CT molecular complexity index is 453. The molecule has 0 aliphatic heterocycles. The van der Waals surface area contributed by atoms with Crippen molar-refractivity contribution in [3.63, 3.8) is 0 Å². The van der Waals surface area contributed by atoms with Crippen molar-refractivity contribution in [2.24, 2.45) is 0 Å². The maximum Gasteiger partial charge on any atom is 0.298 e. The first-order valence-corrected chi connectivity index (χ1v) is 5.30. The smallest absolute Gasteiger partial charge is 0.298 e. The highest BCUT2D eigenvalue weighted by Crippen LogP contribution is 2.26. The Morgan fingerprint density at radius 2 is 2.00 bits per heavy atom. The Hall–Kier alpha value is -1.37. The fourth-order valence-electron chi connectivity index (χ4n) is 1.19. The molecule has 0 radical (unpaired) electrons. The van der Waals surface area contributed by atoms with Crippen molar-refractivity contribution < 1.29 is 18.1 Å². The summed E-state index contributed by atoms with van der Waals surface area (Å²) < 4.78 is 30.7. The van der Waals surface area contributed by atoms with Gasteiger partial charge >= 0.3 is 0 Å². The number of benzene rings is 1. The van der Waals surface area contributed by atoms with E-state index < -0.39 is 20.8 Å². The van der Waals surface area contributed by atoms with Crippen LogP contribution < -0.4 is 6.15 Å². The standard InChI is InChI=1S/C9H10O4S.H3N/c1-2-4-7-5-3-6-8(10)9(7)14(11,12)13;/h2-3,5-6,10H,1,4H2,(H,11,12,13);1H3. The van der Waals surface area contributed by atoms with E-state index in [1.807, 2.05) is 0 Å². The molecule has 0 bridgehead atoms. The predicted molar refractivity (Wildman–Crippen MR) is 56.8 cm³/mol. The maximum atomic E-state index is 10.9. The molecule has 0 amide bonds. The Morgan fingerprint density at radius 1 is 1.40 bits per heavy atom. The summed E-state index contributed by atoms with van der Waals surface area (Å²) in [6.07, 6.45) is 1.76. The van der Waals surface area contributed by atoms with Gasteiger partial charge in [-0.1, -0.05) is 18.2 Å². The van der Waals surface area contributed by atoms with Gasteiger partial charge in [0.1, 0.15) is 10.6 Å². The Kier molecular flexibility index (Phi) is 4.47. The quantitative estimate of drug-likeness (QED) is 0.539. The average molecular weight is 231 g/mol. The van der Waals surface area contributed by atoms with E-state index in [2.05, 4.69) is 6.58 Å². The number of rotatable bonds is 3. The van der Waals surface area contributed by atoms with Crippen LogP contribution in [0.2, 0.25) is 0 Å². The molecular formula is C9H13NO4S. The molecule has 0 aliphatic carbocycles. The number of phenols is 1. The second kappa shape index (κ2) is 4.92. The van der Waals surface area contributed by atoms with E-state index in [4.69, 9.17) is 4.55 Å². The van der Waals surface area contributed by atoms with Crippen LogP contribution in [-0.2, 0) is 16.5 Å². The van der Waals surface area contributed by atoms with Crippen LogP contribution in [-0.4, -0.2) is 18.1 Å². The number of hydrogen-bond acceptors (Lipinski definition) is 4. The molecule has 1 aromatic carbocycles. The molecule has 0 atom stereocenters. The van der Waals surface area contributed by atoms with Gasteiger partial charge in [-0.05, 0) is 18.1 Å². The molecule has 1 rings (SSSR count). The zero-order chi connectivity index (χ0) is 10.8. The average Bonchev–Trinajstić information content (AvgIpc) is 2.02. The van der Waals surface area contributed by atoms with Crippen LogP contribution in [0.25, 0.3) is 0 Å². The van der Waals surface area contributed by atoms with Crippen LogP contribution >= 0.6 is 0 Å². The number of aromatic hydroxyl groups is 1. The predicted octanol–water partition coefficient (Wildman–Crippen LogP) is 1.53. The van der Waals surface area contributed by atoms with Gasteiger partial charge in [-0.15, -0.1) is 6.58 Å². The first-order chi connectivity index (χ1) is 6.46. The van der Waals surface area contributed by atoms with Crippen molar-refractivity contribution in [1.29, 1.82) is 0 Å². The number of hydrogen-bond donors (Lipinski definition) is 3. The topological polar surface area (TPSA) is 110 Å². The third kappa shape index (κ3) is 3.05. The first kappa shape index (κ1) is 13.6. The van der Waals surface area contributed by atoms with Gasteiger partial charge in [0, 0.05) is 0 Å². The second-order valence-electron chi connectivity index (χ2n) is 2.73. The summed E-state index contributed by atoms with van der Waals surface area (Å²) in [4.78, 5) is -0.445. The highest BCUT2D eigenvalue weighted by atomic mass is 32.2. The van der Waals surface area contributed by atoms with Gasteiger partial charge in [0.05, 0.1) is 0 Å². The van der Waals surface area contributed by atoms with E-state index in [9.17, 15) is 13.5 Å². The van der Waals surface area contributed by atoms with Crippen LogP contribution in [0.4, 0.5) is 0 Å². The largest absolute Gasteiger partial charge is 0.506 e. The van der Waals surface area contributed by atoms with Crippen molar-refractivity contribution in [1.82, 2.24) is 6.15 Å². The first-order valence-electron chi connectivity index (χ1n) is 3.86. The molecule has 5 nitrogen and oxygen atoms in total. The Morgan fingerprint density at radius 3 is 2.47 bits per heavy atom. The monoisotopic (exact) mass is 231 g/mol. The second-order valence-corrected chi connectivity index (χ2v) is 4.09. The van der Waals surface area contributed by atoms with Crippen LogP contribution in [0.5, 0.6) is 5.75 Å². The van der Waals surface area contributed by atoms with Gasteiger partial charge in [-0.3, -0.25) is 4.55 Å². The summed E-state index contributed by atoms with van der Waals surface area (Å²) in [5, 5.41) is 9.28. The molecule has 1 aromatic rings. The molecule has 0 aliphatic rings. The Balaban J connectivity index is 0.00000196. The van der Waals surface area contributed by atoms with Crippen molar-refractivity contribution in [2.75, 3.05) is 0 Å². The number of allylic oxidation sites excluding steroid dienone is 1. The van der Waals surface area contributed by atoms with E-state index >= 15 is 0 Å². The highest BCUT2D eigenvalue weighted by molar-refractivity contribution is 7.86. The van der Waals surface area contributed by atoms with E-state index in [-0.39, 0.29) is 12.6 Å². The minimum Gasteiger partial charge on any atom is -0.506 e. The molecule has 0 saturated carbocycles. The van der Waals surface area contributed by atoms with Gasteiger partial charge in [-0.2, -0.15) is 8.42 Å². The van der Waals surface area contributed by atoms with E-state index in [0.29, 0.717) is 5.56 Å². The summed E-state index contributed by atoms with van der Waals surface area (Å²) in [7, 11) is -4.38. The molecule has 6 heteroatoms. The molecule has 15 heavy (non-hydrogen) atoms. The molecule has 0 unspecified atom stereocenters. The molecule has 84 valence electrons. The fourth-order valence-corrected chi connectivity index (χ4v) is 2.00. The minimum atomic E-state index is -4.38. The van der Waals surface area contributed by atoms with Crippen LogP contribution in [0.3, 0.4) is 0 Å². The third-order valence-corrected chi connectivity index (χ3v) is 2.69. The number of phenolic OH excluding ortho intramolecular Hbond substituents is 1. The van der Waals surface area contributed by atoms with Crippen LogP contribution in [0.1, 0.15) is 5.56 Å². The summed E-state index contributed by atoms with van der Waals surface area (Å²) in [6, 6.07) is 4.21. The third-order valence-electron chi connectivity index (χ3n) is 1.70. The lowest BCUT2D eigenvalue weighted by Gasteiger charge is -2.06. The van der Waals surface area contributed by atoms with Gasteiger partial charge in [-0.25, -0.2) is 0 Å². The molecule has 0 aromatic heterocycles. The molecule has 5 N–H and O–H groups in total. The summed E-state index contributed by atoms with van der Waals surface area (Å²) in [5.41, 5.74) is 0.322. The van der Waals surface area contributed by atoms with Crippen LogP contribution in [0, 0.1) is 0 Å². The lowest BCUT2D eigenvalue weighted by Crippen LogP contribution is -2.03. The molecular weight excluding hydrogens is 218 g/mol. The normalized spacial score (nSPS) is 10.5. The van der Waals surface area contributed by atoms with Crippen LogP contribution in [0.15, 0.2) is 35.7 Å². The molecule has 0 saturated heterocycles. The van der Waals surface area contributed by atoms with Crippen molar-refractivity contribution in [3.05, 3.63) is 36.4 Å². The van der Waals surface area contributed by atoms with Crippen molar-refractivity contribution >= 4 is 10.1 Å². The summed E-state index contributed by atoms with van der Waals surface area (Å²) in [5.74, 6) is -0.452. The SMILES string of the molecule is C=CCc1cccc(O)c1S(=O)(=O)O.N. The summed E-state index contributed by atoms with van der Waals surface area (Å²) in [6.45, 7) is 3.45. The summed E-state index contributed by atoms with van der Waals surface area (Å²) >= 11 is 0. The van der Waals surface area contributed by atoms with Gasteiger partial charge in [0.25, 0.3) is 10.1 Å². The zero-order valence-corrected chi connectivity index (χ0v) is 8.87. The lowest BCUT2D eigenvalue weighted by molar-refractivity contribution is 0.441. The van der Waals surface area contributed by atoms with E-state index in [1.54, 1.807) is 0 Å². The molecule has 0 heterocycles. The fraction of sp³-hybridized carbons (Fsp3) is 0.111. The van der Waals surface area contributed by atoms with Crippen molar-refractivity contribution in [2.45, 2.75) is 11.3 Å². The van der Waals surface area contributed by atoms with E-state index in [1.165, 1.54) is 24.3 Å². The van der Waals surface area contributed by atoms with E-state index in [0.717, 1.165) is 0 Å². The highest BCUT2D eigenvalue weighted by Gasteiger charge is 2.18. The molecule has 0 spiro atoms. The zero-order valence-electron chi connectivity index (χ0n) is 8.05. The van der Waals surface area contributed by atoms with Gasteiger partial charge < -0.3 is 11.3 Å². The van der Waals surface area contributed by atoms with Gasteiger partial charge in [0.15, 0.2) is 0 Å². The van der Waals surface area contributed by atoms with Crippen molar-refractivity contribution in [3.8, 4) is 5.75 Å². The minimum absolute atomic E-state index is 0.